The first-order chi connectivity index (χ1) is 12.7. The molecule has 0 spiro atoms. The molecule has 1 aromatic carbocycles. The van der Waals surface area contributed by atoms with E-state index < -0.39 is 0 Å². The molecule has 134 valence electrons. The highest BCUT2D eigenvalue weighted by Gasteiger charge is 2.14. The molecule has 0 saturated heterocycles. The van der Waals surface area contributed by atoms with Crippen LogP contribution in [0.25, 0.3) is 11.4 Å². The highest BCUT2D eigenvalue weighted by Crippen LogP contribution is 2.23. The minimum Gasteiger partial charge on any atom is -0.351 e. The molecule has 0 atom stereocenters. The fraction of sp³-hybridized carbons (Fsp3) is 0.222. The van der Waals surface area contributed by atoms with Gasteiger partial charge in [-0.15, -0.1) is 10.2 Å². The Morgan fingerprint density at radius 1 is 1.23 bits per heavy atom. The van der Waals surface area contributed by atoms with Crippen molar-refractivity contribution in [1.29, 1.82) is 0 Å². The lowest BCUT2D eigenvalue weighted by molar-refractivity contribution is -0.118. The first kappa shape index (κ1) is 18.4. The van der Waals surface area contributed by atoms with Crippen molar-refractivity contribution < 1.29 is 4.79 Å². The highest BCUT2D eigenvalue weighted by molar-refractivity contribution is 7.99. The van der Waals surface area contributed by atoms with Crippen molar-refractivity contribution in [3.05, 3.63) is 59.4 Å². The van der Waals surface area contributed by atoms with E-state index in [4.69, 9.17) is 11.6 Å². The van der Waals surface area contributed by atoms with Crippen LogP contribution in [0.3, 0.4) is 0 Å². The van der Waals surface area contributed by atoms with Crippen molar-refractivity contribution in [2.24, 2.45) is 0 Å². The fourth-order valence-electron chi connectivity index (χ4n) is 2.37. The maximum Gasteiger partial charge on any atom is 0.230 e. The fourth-order valence-corrected chi connectivity index (χ4v) is 3.33. The first-order valence-electron chi connectivity index (χ1n) is 8.15. The molecular weight excluding hydrogens is 370 g/mol. The van der Waals surface area contributed by atoms with E-state index in [1.165, 1.54) is 11.8 Å². The van der Waals surface area contributed by atoms with Gasteiger partial charge >= 0.3 is 0 Å². The van der Waals surface area contributed by atoms with Crippen LogP contribution < -0.4 is 5.32 Å². The molecule has 2 heterocycles. The van der Waals surface area contributed by atoms with Crippen LogP contribution in [0.1, 0.15) is 12.5 Å². The molecule has 0 aliphatic rings. The van der Waals surface area contributed by atoms with Gasteiger partial charge in [0.15, 0.2) is 11.0 Å². The minimum atomic E-state index is -0.0569. The van der Waals surface area contributed by atoms with Crippen LogP contribution in [0.15, 0.2) is 53.9 Å². The summed E-state index contributed by atoms with van der Waals surface area (Å²) < 4.78 is 1.98. The van der Waals surface area contributed by atoms with Crippen molar-refractivity contribution in [2.45, 2.75) is 25.2 Å². The summed E-state index contributed by atoms with van der Waals surface area (Å²) in [6.45, 7) is 3.21. The van der Waals surface area contributed by atoms with Crippen molar-refractivity contribution in [2.75, 3.05) is 5.75 Å². The van der Waals surface area contributed by atoms with Gasteiger partial charge < -0.3 is 9.88 Å². The summed E-state index contributed by atoms with van der Waals surface area (Å²) in [6.07, 6.45) is 3.47. The van der Waals surface area contributed by atoms with Crippen molar-refractivity contribution in [1.82, 2.24) is 25.1 Å². The number of nitrogens with zero attached hydrogens (tertiary/aromatic N) is 4. The van der Waals surface area contributed by atoms with Gasteiger partial charge in [-0.25, -0.2) is 0 Å². The Hall–Kier alpha value is -2.38. The third kappa shape index (κ3) is 4.62. The molecule has 3 aromatic rings. The summed E-state index contributed by atoms with van der Waals surface area (Å²) in [6, 6.07) is 11.2. The van der Waals surface area contributed by atoms with Gasteiger partial charge in [-0.1, -0.05) is 35.5 Å². The van der Waals surface area contributed by atoms with E-state index in [-0.39, 0.29) is 11.7 Å². The topological polar surface area (TPSA) is 72.7 Å². The van der Waals surface area contributed by atoms with Crippen LogP contribution in [0.2, 0.25) is 5.02 Å². The van der Waals surface area contributed by atoms with E-state index in [0.717, 1.165) is 17.0 Å². The molecule has 1 N–H and O–H groups in total. The number of carbonyl (C=O) groups is 1. The average Bonchev–Trinajstić information content (AvgIpc) is 3.09. The van der Waals surface area contributed by atoms with Gasteiger partial charge in [-0.05, 0) is 36.8 Å². The molecule has 0 aliphatic carbocycles. The number of hydrogen-bond acceptors (Lipinski definition) is 5. The highest BCUT2D eigenvalue weighted by atomic mass is 35.5. The zero-order valence-corrected chi connectivity index (χ0v) is 15.8. The summed E-state index contributed by atoms with van der Waals surface area (Å²) in [7, 11) is 0. The number of rotatable bonds is 7. The van der Waals surface area contributed by atoms with E-state index in [1.54, 1.807) is 12.4 Å². The van der Waals surface area contributed by atoms with Gasteiger partial charge in [-0.2, -0.15) is 0 Å². The lowest BCUT2D eigenvalue weighted by Crippen LogP contribution is -2.24. The largest absolute Gasteiger partial charge is 0.351 e. The Labute approximate surface area is 161 Å². The molecule has 0 bridgehead atoms. The van der Waals surface area contributed by atoms with Crippen LogP contribution in [-0.4, -0.2) is 31.4 Å². The molecule has 0 unspecified atom stereocenters. The Balaban J connectivity index is 1.58. The molecule has 26 heavy (non-hydrogen) atoms. The smallest absolute Gasteiger partial charge is 0.230 e. The summed E-state index contributed by atoms with van der Waals surface area (Å²) in [5.74, 6) is 0.974. The number of carbonyl (C=O) groups excluding carboxylic acids is 1. The number of halogens is 1. The third-order valence-electron chi connectivity index (χ3n) is 3.69. The number of nitrogens with one attached hydrogen (secondary N) is 1. The van der Waals surface area contributed by atoms with E-state index in [9.17, 15) is 4.79 Å². The monoisotopic (exact) mass is 387 g/mol. The Morgan fingerprint density at radius 2 is 2.04 bits per heavy atom. The SMILES string of the molecule is CCn1c(SCC(=O)NCc2ccc(Cl)cc2)nnc1-c1cccnc1. The van der Waals surface area contributed by atoms with E-state index in [1.807, 2.05) is 47.9 Å². The third-order valence-corrected chi connectivity index (χ3v) is 4.91. The second-order valence-electron chi connectivity index (χ2n) is 5.48. The van der Waals surface area contributed by atoms with E-state index >= 15 is 0 Å². The molecule has 1 amide bonds. The molecule has 2 aromatic heterocycles. The van der Waals surface area contributed by atoms with Crippen LogP contribution in [0.5, 0.6) is 0 Å². The van der Waals surface area contributed by atoms with E-state index in [0.29, 0.717) is 23.3 Å². The lowest BCUT2D eigenvalue weighted by atomic mass is 10.2. The number of amides is 1. The quantitative estimate of drug-likeness (QED) is 0.629. The predicted molar refractivity (Wildman–Crippen MR) is 103 cm³/mol. The molecule has 3 rings (SSSR count). The maximum absolute atomic E-state index is 12.1. The van der Waals surface area contributed by atoms with Crippen LogP contribution in [-0.2, 0) is 17.9 Å². The molecule has 0 fully saturated rings. The van der Waals surface area contributed by atoms with Gasteiger partial charge in [0.2, 0.25) is 5.91 Å². The predicted octanol–water partition coefficient (Wildman–Crippen LogP) is 3.42. The average molecular weight is 388 g/mol. The number of aromatic nitrogens is 4. The number of benzene rings is 1. The Bertz CT molecular complexity index is 867. The van der Waals surface area contributed by atoms with Gasteiger partial charge in [0.1, 0.15) is 0 Å². The van der Waals surface area contributed by atoms with Crippen molar-refractivity contribution in [3.63, 3.8) is 0 Å². The molecule has 0 radical (unpaired) electrons. The molecule has 8 heteroatoms. The normalized spacial score (nSPS) is 10.7. The van der Waals surface area contributed by atoms with Gasteiger partial charge in [0.25, 0.3) is 0 Å². The molecule has 6 nitrogen and oxygen atoms in total. The van der Waals surface area contributed by atoms with Crippen molar-refractivity contribution >= 4 is 29.3 Å². The van der Waals surface area contributed by atoms with Gasteiger partial charge in [0.05, 0.1) is 5.75 Å². The standard InChI is InChI=1S/C18H18ClN5OS/c1-2-24-17(14-4-3-9-20-11-14)22-23-18(24)26-12-16(25)21-10-13-5-7-15(19)8-6-13/h3-9,11H,2,10,12H2,1H3,(H,21,25). The summed E-state index contributed by atoms with van der Waals surface area (Å²) in [4.78, 5) is 16.2. The summed E-state index contributed by atoms with van der Waals surface area (Å²) in [5.41, 5.74) is 1.91. The summed E-state index contributed by atoms with van der Waals surface area (Å²) >= 11 is 7.23. The number of thioether (sulfide) groups is 1. The van der Waals surface area contributed by atoms with Gasteiger partial charge in [-0.3, -0.25) is 9.78 Å². The Morgan fingerprint density at radius 3 is 2.73 bits per heavy atom. The van der Waals surface area contributed by atoms with E-state index in [2.05, 4.69) is 20.5 Å². The second kappa shape index (κ2) is 8.82. The van der Waals surface area contributed by atoms with Crippen molar-refractivity contribution in [3.8, 4) is 11.4 Å². The summed E-state index contributed by atoms with van der Waals surface area (Å²) in [5, 5.41) is 12.8. The van der Waals surface area contributed by atoms with Crippen LogP contribution >= 0.6 is 23.4 Å². The number of hydrogen-bond donors (Lipinski definition) is 1. The zero-order chi connectivity index (χ0) is 18.4. The van der Waals surface area contributed by atoms with Crippen LogP contribution in [0, 0.1) is 0 Å². The van der Waals surface area contributed by atoms with Crippen LogP contribution in [0.4, 0.5) is 0 Å². The molecular formula is C18H18ClN5OS. The molecule has 0 aliphatic heterocycles. The molecule has 0 saturated carbocycles. The first-order valence-corrected chi connectivity index (χ1v) is 9.51. The minimum absolute atomic E-state index is 0.0569. The number of pyridine rings is 1. The lowest BCUT2D eigenvalue weighted by Gasteiger charge is -2.08. The zero-order valence-electron chi connectivity index (χ0n) is 14.2. The second-order valence-corrected chi connectivity index (χ2v) is 6.86. The maximum atomic E-state index is 12.1. The van der Waals surface area contributed by atoms with Gasteiger partial charge in [0, 0.05) is 36.1 Å². The Kier molecular flexibility index (Phi) is 6.25.